The lowest BCUT2D eigenvalue weighted by atomic mass is 9.85. The molecule has 1 aliphatic carbocycles. The summed E-state index contributed by atoms with van der Waals surface area (Å²) in [5.74, 6) is -0.933. The fraction of sp³-hybridized carbons (Fsp3) is 0.579. The van der Waals surface area contributed by atoms with Gasteiger partial charge < -0.3 is 16.0 Å². The number of amides is 3. The number of rotatable bonds is 3. The highest BCUT2D eigenvalue weighted by molar-refractivity contribution is 6.39. The standard InChI is InChI=1S/C19H26N4O3/c1-12-6-7-16(13-4-2-3-5-13)23(11-12)19(26)18(25)22-15-8-14(17(20)24)9-21-10-15/h8-10,12-13,16H,2-7,11H2,1H3,(H2,20,24)(H,22,25)/t12-,16+/m0/s1. The minimum absolute atomic E-state index is 0.155. The van der Waals surface area contributed by atoms with Gasteiger partial charge in [0.1, 0.15) is 0 Å². The van der Waals surface area contributed by atoms with Gasteiger partial charge in [-0.15, -0.1) is 0 Å². The van der Waals surface area contributed by atoms with E-state index in [4.69, 9.17) is 5.73 Å². The highest BCUT2D eigenvalue weighted by atomic mass is 16.2. The average Bonchev–Trinajstić information content (AvgIpc) is 3.15. The molecule has 0 unspecified atom stereocenters. The summed E-state index contributed by atoms with van der Waals surface area (Å²) in [5, 5.41) is 2.56. The molecule has 0 radical (unpaired) electrons. The second-order valence-electron chi connectivity index (χ2n) is 7.53. The van der Waals surface area contributed by atoms with Crippen LogP contribution in [0.4, 0.5) is 5.69 Å². The number of carbonyl (C=O) groups is 3. The van der Waals surface area contributed by atoms with E-state index in [1.807, 2.05) is 0 Å². The number of pyridine rings is 1. The Labute approximate surface area is 153 Å². The second-order valence-corrected chi connectivity index (χ2v) is 7.53. The number of anilines is 1. The normalized spacial score (nSPS) is 23.7. The van der Waals surface area contributed by atoms with E-state index < -0.39 is 17.7 Å². The zero-order chi connectivity index (χ0) is 18.7. The maximum atomic E-state index is 12.8. The van der Waals surface area contributed by atoms with E-state index in [1.54, 1.807) is 4.90 Å². The van der Waals surface area contributed by atoms with Gasteiger partial charge in [0.25, 0.3) is 0 Å². The number of nitrogens with one attached hydrogen (secondary N) is 1. The third kappa shape index (κ3) is 4.03. The zero-order valence-corrected chi connectivity index (χ0v) is 15.1. The molecule has 3 rings (SSSR count). The molecular weight excluding hydrogens is 332 g/mol. The molecule has 2 heterocycles. The van der Waals surface area contributed by atoms with Gasteiger partial charge >= 0.3 is 11.8 Å². The Kier molecular flexibility index (Phi) is 5.54. The van der Waals surface area contributed by atoms with Crippen molar-refractivity contribution in [3.05, 3.63) is 24.0 Å². The third-order valence-electron chi connectivity index (χ3n) is 5.54. The molecule has 0 aromatic carbocycles. The summed E-state index contributed by atoms with van der Waals surface area (Å²) in [7, 11) is 0. The topological polar surface area (TPSA) is 105 Å². The molecule has 140 valence electrons. The Morgan fingerprint density at radius 2 is 1.88 bits per heavy atom. The molecule has 2 atom stereocenters. The molecule has 1 aromatic heterocycles. The van der Waals surface area contributed by atoms with E-state index in [0.29, 0.717) is 24.1 Å². The number of piperidine rings is 1. The fourth-order valence-electron chi connectivity index (χ4n) is 4.20. The molecule has 3 N–H and O–H groups in total. The van der Waals surface area contributed by atoms with Crippen molar-refractivity contribution in [2.24, 2.45) is 17.6 Å². The van der Waals surface area contributed by atoms with Crippen LogP contribution in [0.25, 0.3) is 0 Å². The van der Waals surface area contributed by atoms with Gasteiger partial charge in [-0.05, 0) is 43.6 Å². The molecule has 2 fully saturated rings. The van der Waals surface area contributed by atoms with Gasteiger partial charge in [0, 0.05) is 18.8 Å². The van der Waals surface area contributed by atoms with Gasteiger partial charge in [-0.2, -0.15) is 0 Å². The van der Waals surface area contributed by atoms with Gasteiger partial charge in [-0.1, -0.05) is 19.8 Å². The van der Waals surface area contributed by atoms with Gasteiger partial charge in [0.05, 0.1) is 17.4 Å². The summed E-state index contributed by atoms with van der Waals surface area (Å²) in [6.45, 7) is 2.73. The van der Waals surface area contributed by atoms with Crippen LogP contribution in [0, 0.1) is 11.8 Å². The quantitative estimate of drug-likeness (QED) is 0.805. The number of nitrogens with two attached hydrogens (primary N) is 1. The average molecular weight is 358 g/mol. The van der Waals surface area contributed by atoms with E-state index in [0.717, 1.165) is 25.7 Å². The van der Waals surface area contributed by atoms with Crippen molar-refractivity contribution in [3.63, 3.8) is 0 Å². The number of aromatic nitrogens is 1. The summed E-state index contributed by atoms with van der Waals surface area (Å²) < 4.78 is 0. The molecule has 1 saturated heterocycles. The van der Waals surface area contributed by atoms with E-state index in [1.165, 1.54) is 31.3 Å². The Balaban J connectivity index is 1.72. The number of carbonyl (C=O) groups excluding carboxylic acids is 3. The summed E-state index contributed by atoms with van der Waals surface area (Å²) in [6.07, 6.45) is 9.45. The lowest BCUT2D eigenvalue weighted by Crippen LogP contribution is -2.52. The Morgan fingerprint density at radius 3 is 2.58 bits per heavy atom. The minimum Gasteiger partial charge on any atom is -0.366 e. The SMILES string of the molecule is C[C@H]1CC[C@H](C2CCCC2)N(C(=O)C(=O)Nc2cncc(C(N)=O)c2)C1. The predicted molar refractivity (Wildman–Crippen MR) is 97.2 cm³/mol. The monoisotopic (exact) mass is 358 g/mol. The lowest BCUT2D eigenvalue weighted by Gasteiger charge is -2.41. The summed E-state index contributed by atoms with van der Waals surface area (Å²) in [6, 6.07) is 1.58. The molecule has 0 bridgehead atoms. The molecule has 1 aliphatic heterocycles. The summed E-state index contributed by atoms with van der Waals surface area (Å²) in [5.41, 5.74) is 5.71. The van der Waals surface area contributed by atoms with Crippen LogP contribution in [0.3, 0.4) is 0 Å². The number of nitrogens with zero attached hydrogens (tertiary/aromatic N) is 2. The number of hydrogen-bond donors (Lipinski definition) is 2. The highest BCUT2D eigenvalue weighted by Gasteiger charge is 2.38. The van der Waals surface area contributed by atoms with Crippen molar-refractivity contribution in [1.82, 2.24) is 9.88 Å². The maximum Gasteiger partial charge on any atom is 0.313 e. The second kappa shape index (κ2) is 7.85. The number of likely N-dealkylation sites (tertiary alicyclic amines) is 1. The molecular formula is C19H26N4O3. The molecule has 0 spiro atoms. The largest absolute Gasteiger partial charge is 0.366 e. The van der Waals surface area contributed by atoms with Crippen LogP contribution < -0.4 is 11.1 Å². The first-order chi connectivity index (χ1) is 12.5. The van der Waals surface area contributed by atoms with E-state index >= 15 is 0 Å². The minimum atomic E-state index is -0.689. The van der Waals surface area contributed by atoms with Crippen molar-refractivity contribution in [3.8, 4) is 0 Å². The van der Waals surface area contributed by atoms with Crippen LogP contribution in [0.2, 0.25) is 0 Å². The van der Waals surface area contributed by atoms with Crippen LogP contribution in [0.15, 0.2) is 18.5 Å². The summed E-state index contributed by atoms with van der Waals surface area (Å²) in [4.78, 5) is 42.2. The summed E-state index contributed by atoms with van der Waals surface area (Å²) >= 11 is 0. The Hall–Kier alpha value is -2.44. The first kappa shape index (κ1) is 18.4. The van der Waals surface area contributed by atoms with Gasteiger partial charge in [0.15, 0.2) is 0 Å². The molecule has 2 aliphatic rings. The van der Waals surface area contributed by atoms with E-state index in [-0.39, 0.29) is 11.6 Å². The van der Waals surface area contributed by atoms with Gasteiger partial charge in [0.2, 0.25) is 5.91 Å². The molecule has 1 aromatic rings. The zero-order valence-electron chi connectivity index (χ0n) is 15.1. The molecule has 3 amide bonds. The molecule has 1 saturated carbocycles. The molecule has 26 heavy (non-hydrogen) atoms. The number of primary amides is 1. The smallest absolute Gasteiger partial charge is 0.313 e. The Morgan fingerprint density at radius 1 is 1.15 bits per heavy atom. The van der Waals surface area contributed by atoms with Gasteiger partial charge in [-0.3, -0.25) is 19.4 Å². The van der Waals surface area contributed by atoms with Crippen LogP contribution in [0.5, 0.6) is 0 Å². The van der Waals surface area contributed by atoms with Crippen LogP contribution in [0.1, 0.15) is 55.8 Å². The molecule has 7 heteroatoms. The third-order valence-corrected chi connectivity index (χ3v) is 5.54. The van der Waals surface area contributed by atoms with Crippen molar-refractivity contribution in [1.29, 1.82) is 0 Å². The van der Waals surface area contributed by atoms with E-state index in [2.05, 4.69) is 17.2 Å². The highest BCUT2D eigenvalue weighted by Crippen LogP contribution is 2.36. The van der Waals surface area contributed by atoms with Crippen molar-refractivity contribution >= 4 is 23.4 Å². The van der Waals surface area contributed by atoms with Crippen molar-refractivity contribution in [2.45, 2.75) is 51.5 Å². The number of hydrogen-bond acceptors (Lipinski definition) is 4. The van der Waals surface area contributed by atoms with Crippen molar-refractivity contribution in [2.75, 3.05) is 11.9 Å². The van der Waals surface area contributed by atoms with Crippen LogP contribution in [-0.4, -0.2) is 40.2 Å². The van der Waals surface area contributed by atoms with Crippen LogP contribution >= 0.6 is 0 Å². The van der Waals surface area contributed by atoms with Crippen LogP contribution in [-0.2, 0) is 9.59 Å². The lowest BCUT2D eigenvalue weighted by molar-refractivity contribution is -0.147. The molecule has 7 nitrogen and oxygen atoms in total. The van der Waals surface area contributed by atoms with E-state index in [9.17, 15) is 14.4 Å². The van der Waals surface area contributed by atoms with Gasteiger partial charge in [-0.25, -0.2) is 0 Å². The fourth-order valence-corrected chi connectivity index (χ4v) is 4.20. The predicted octanol–water partition coefficient (Wildman–Crippen LogP) is 1.94. The Bertz CT molecular complexity index is 700. The van der Waals surface area contributed by atoms with Crippen molar-refractivity contribution < 1.29 is 14.4 Å². The first-order valence-electron chi connectivity index (χ1n) is 9.32. The maximum absolute atomic E-state index is 12.8. The first-order valence-corrected chi connectivity index (χ1v) is 9.32.